The van der Waals surface area contributed by atoms with Crippen LogP contribution >= 0.6 is 0 Å². The Bertz CT molecular complexity index is 595. The van der Waals surface area contributed by atoms with E-state index in [1.165, 1.54) is 0 Å². The number of nitrogens with zero attached hydrogens (tertiary/aromatic N) is 1. The molecule has 0 aliphatic rings. The van der Waals surface area contributed by atoms with Crippen molar-refractivity contribution in [2.24, 2.45) is 5.73 Å². The lowest BCUT2D eigenvalue weighted by Gasteiger charge is -2.11. The lowest BCUT2D eigenvalue weighted by Crippen LogP contribution is -2.30. The third kappa shape index (κ3) is 3.08. The zero-order chi connectivity index (χ0) is 14.4. The summed E-state index contributed by atoms with van der Waals surface area (Å²) in [6.07, 6.45) is 3.31. The van der Waals surface area contributed by atoms with Gasteiger partial charge in [0, 0.05) is 11.8 Å². The fourth-order valence-electron chi connectivity index (χ4n) is 1.80. The van der Waals surface area contributed by atoms with E-state index >= 15 is 0 Å². The number of nitrogens with one attached hydrogen (secondary N) is 1. The van der Waals surface area contributed by atoms with Crippen molar-refractivity contribution in [2.45, 2.75) is 0 Å². The zero-order valence-electron chi connectivity index (χ0n) is 10.5. The molecule has 2 amide bonds. The number of pyridine rings is 1. The van der Waals surface area contributed by atoms with Gasteiger partial charge in [-0.05, 0) is 17.7 Å². The fourth-order valence-corrected chi connectivity index (χ4v) is 1.80. The molecule has 5 nitrogen and oxygen atoms in total. The molecule has 1 heterocycles. The first kappa shape index (κ1) is 13.5. The van der Waals surface area contributed by atoms with Gasteiger partial charge in [0.25, 0.3) is 6.29 Å². The number of carbonyl (C=O) groups excluding carboxylic acids is 2. The van der Waals surface area contributed by atoms with Crippen LogP contribution < -0.4 is 11.1 Å². The Morgan fingerprint density at radius 3 is 2.35 bits per heavy atom. The Morgan fingerprint density at radius 1 is 1.10 bits per heavy atom. The first-order chi connectivity index (χ1) is 9.72. The van der Waals surface area contributed by atoms with Gasteiger partial charge in [-0.3, -0.25) is 9.78 Å². The van der Waals surface area contributed by atoms with Crippen LogP contribution in [-0.2, 0) is 4.79 Å². The number of urea groups is 1. The Kier molecular flexibility index (Phi) is 4.24. The lowest BCUT2D eigenvalue weighted by atomic mass is 10.00. The monoisotopic (exact) mass is 266 g/mol. The molecule has 2 aromatic rings. The third-order valence-corrected chi connectivity index (χ3v) is 2.58. The molecule has 0 atom stereocenters. The molecule has 0 saturated carbocycles. The SMILES string of the molecule is NC(=O)NC([C]=O)=C(c1ccccc1)c1ccccn1. The summed E-state index contributed by atoms with van der Waals surface area (Å²) >= 11 is 0. The molecule has 3 N–H and O–H groups in total. The largest absolute Gasteiger partial charge is 0.351 e. The zero-order valence-corrected chi connectivity index (χ0v) is 10.5. The lowest BCUT2D eigenvalue weighted by molar-refractivity contribution is 0.251. The number of carbonyl (C=O) groups is 1. The van der Waals surface area contributed by atoms with E-state index in [1.807, 2.05) is 30.3 Å². The number of hydrogen-bond donors (Lipinski definition) is 2. The summed E-state index contributed by atoms with van der Waals surface area (Å²) in [5.74, 6) is 0. The molecule has 20 heavy (non-hydrogen) atoms. The molecular weight excluding hydrogens is 254 g/mol. The van der Waals surface area contributed by atoms with Gasteiger partial charge in [-0.15, -0.1) is 0 Å². The molecule has 5 heteroatoms. The maximum absolute atomic E-state index is 11.1. The first-order valence-corrected chi connectivity index (χ1v) is 5.88. The Morgan fingerprint density at radius 2 is 1.80 bits per heavy atom. The van der Waals surface area contributed by atoms with Crippen molar-refractivity contribution in [3.05, 3.63) is 71.7 Å². The van der Waals surface area contributed by atoms with Crippen LogP contribution in [0.15, 0.2) is 60.4 Å². The normalized spacial score (nSPS) is 11.4. The van der Waals surface area contributed by atoms with E-state index in [9.17, 15) is 9.59 Å². The number of benzene rings is 1. The van der Waals surface area contributed by atoms with Crippen LogP contribution in [0.25, 0.3) is 5.57 Å². The van der Waals surface area contributed by atoms with Gasteiger partial charge >= 0.3 is 6.03 Å². The van der Waals surface area contributed by atoms with Gasteiger partial charge in [-0.2, -0.15) is 0 Å². The molecule has 1 aromatic carbocycles. The van der Waals surface area contributed by atoms with E-state index in [2.05, 4.69) is 10.3 Å². The minimum atomic E-state index is -0.826. The Labute approximate surface area is 116 Å². The van der Waals surface area contributed by atoms with Gasteiger partial charge in [0.1, 0.15) is 5.70 Å². The van der Waals surface area contributed by atoms with Crippen molar-refractivity contribution < 1.29 is 9.59 Å². The molecule has 0 bridgehead atoms. The molecule has 0 aliphatic heterocycles. The summed E-state index contributed by atoms with van der Waals surface area (Å²) in [6, 6.07) is 13.6. The smallest absolute Gasteiger partial charge is 0.316 e. The van der Waals surface area contributed by atoms with Gasteiger partial charge in [-0.25, -0.2) is 4.79 Å². The highest BCUT2D eigenvalue weighted by molar-refractivity contribution is 5.97. The second-order valence-electron chi connectivity index (χ2n) is 3.92. The van der Waals surface area contributed by atoms with Gasteiger partial charge < -0.3 is 11.1 Å². The van der Waals surface area contributed by atoms with Crippen LogP contribution in [0.4, 0.5) is 4.79 Å². The van der Waals surface area contributed by atoms with Crippen LogP contribution in [0.1, 0.15) is 11.3 Å². The highest BCUT2D eigenvalue weighted by atomic mass is 16.2. The first-order valence-electron chi connectivity index (χ1n) is 5.88. The van der Waals surface area contributed by atoms with Gasteiger partial charge in [0.05, 0.1) is 5.69 Å². The van der Waals surface area contributed by atoms with Crippen molar-refractivity contribution in [1.82, 2.24) is 10.3 Å². The van der Waals surface area contributed by atoms with E-state index in [0.29, 0.717) is 11.3 Å². The van der Waals surface area contributed by atoms with Crippen molar-refractivity contribution >= 4 is 17.9 Å². The number of rotatable bonds is 4. The minimum absolute atomic E-state index is 0.0394. The summed E-state index contributed by atoms with van der Waals surface area (Å²) < 4.78 is 0. The second kappa shape index (κ2) is 6.29. The maximum atomic E-state index is 11.1. The van der Waals surface area contributed by atoms with Crippen molar-refractivity contribution in [3.8, 4) is 0 Å². The average Bonchev–Trinajstić information content (AvgIpc) is 2.48. The number of hydrogen-bond acceptors (Lipinski definition) is 3. The summed E-state index contributed by atoms with van der Waals surface area (Å²) in [6.45, 7) is 0. The van der Waals surface area contributed by atoms with Crippen LogP contribution in [0.2, 0.25) is 0 Å². The highest BCUT2D eigenvalue weighted by Gasteiger charge is 2.14. The molecule has 0 aliphatic carbocycles. The quantitative estimate of drug-likeness (QED) is 0.824. The predicted molar refractivity (Wildman–Crippen MR) is 75.1 cm³/mol. The van der Waals surface area contributed by atoms with E-state index in [-0.39, 0.29) is 5.70 Å². The summed E-state index contributed by atoms with van der Waals surface area (Å²) in [4.78, 5) is 26.4. The summed E-state index contributed by atoms with van der Waals surface area (Å²) in [5.41, 5.74) is 6.79. The van der Waals surface area contributed by atoms with E-state index in [0.717, 1.165) is 5.56 Å². The Balaban J connectivity index is 2.63. The van der Waals surface area contributed by atoms with Crippen molar-refractivity contribution in [3.63, 3.8) is 0 Å². The second-order valence-corrected chi connectivity index (χ2v) is 3.92. The molecular formula is C15H12N3O2. The topological polar surface area (TPSA) is 85.1 Å². The van der Waals surface area contributed by atoms with E-state index in [4.69, 9.17) is 5.73 Å². The number of amides is 2. The Hall–Kier alpha value is -2.95. The van der Waals surface area contributed by atoms with E-state index in [1.54, 1.807) is 30.7 Å². The molecule has 99 valence electrons. The van der Waals surface area contributed by atoms with Crippen LogP contribution in [0.3, 0.4) is 0 Å². The molecule has 0 fully saturated rings. The standard InChI is InChI=1S/C15H12N3O2/c16-15(20)18-13(10-19)14(11-6-2-1-3-7-11)12-8-4-5-9-17-12/h1-9H,(H3,16,18,20). The van der Waals surface area contributed by atoms with Gasteiger partial charge in [0.15, 0.2) is 0 Å². The molecule has 1 radical (unpaired) electrons. The van der Waals surface area contributed by atoms with Crippen LogP contribution in [0.5, 0.6) is 0 Å². The average molecular weight is 266 g/mol. The van der Waals surface area contributed by atoms with Gasteiger partial charge in [0.2, 0.25) is 0 Å². The molecule has 0 unspecified atom stereocenters. The minimum Gasteiger partial charge on any atom is -0.351 e. The van der Waals surface area contributed by atoms with E-state index < -0.39 is 6.03 Å². The maximum Gasteiger partial charge on any atom is 0.316 e. The third-order valence-electron chi connectivity index (χ3n) is 2.58. The van der Waals surface area contributed by atoms with Crippen molar-refractivity contribution in [1.29, 1.82) is 0 Å². The van der Waals surface area contributed by atoms with Crippen LogP contribution in [0, 0.1) is 0 Å². The van der Waals surface area contributed by atoms with Crippen molar-refractivity contribution in [2.75, 3.05) is 0 Å². The number of allylic oxidation sites excluding steroid dienone is 1. The predicted octanol–water partition coefficient (Wildman–Crippen LogP) is 1.62. The fraction of sp³-hybridized carbons (Fsp3) is 0. The summed E-state index contributed by atoms with van der Waals surface area (Å²) in [5, 5.41) is 2.28. The number of nitrogens with two attached hydrogens (primary N) is 1. The highest BCUT2D eigenvalue weighted by Crippen LogP contribution is 2.23. The molecule has 0 spiro atoms. The summed E-state index contributed by atoms with van der Waals surface area (Å²) in [7, 11) is 0. The molecule has 0 saturated heterocycles. The van der Waals surface area contributed by atoms with Gasteiger partial charge in [-0.1, -0.05) is 36.4 Å². The molecule has 1 aromatic heterocycles. The molecule has 2 rings (SSSR count). The number of aromatic nitrogens is 1. The van der Waals surface area contributed by atoms with Crippen LogP contribution in [-0.4, -0.2) is 17.3 Å². The number of primary amides is 1.